The maximum Gasteiger partial charge on any atom is 0.274 e. The van der Waals surface area contributed by atoms with E-state index in [-0.39, 0.29) is 5.91 Å². The van der Waals surface area contributed by atoms with Gasteiger partial charge in [-0.2, -0.15) is 0 Å². The first-order valence-corrected chi connectivity index (χ1v) is 10.2. The van der Waals surface area contributed by atoms with E-state index in [1.54, 1.807) is 6.20 Å². The lowest BCUT2D eigenvalue weighted by Gasteiger charge is -2.29. The summed E-state index contributed by atoms with van der Waals surface area (Å²) in [6, 6.07) is 12.1. The van der Waals surface area contributed by atoms with Crippen molar-refractivity contribution in [2.24, 2.45) is 0 Å². The topological polar surface area (TPSA) is 48.5 Å². The minimum atomic E-state index is -0.153. The largest absolute Gasteiger partial charge is 0.372 e. The Hall–Kier alpha value is -2.56. The smallest absolute Gasteiger partial charge is 0.274 e. The fourth-order valence-electron chi connectivity index (χ4n) is 4.00. The molecule has 4 rings (SSSR count). The molecule has 0 unspecified atom stereocenters. The summed E-state index contributed by atoms with van der Waals surface area (Å²) in [7, 11) is 0. The summed E-state index contributed by atoms with van der Waals surface area (Å²) in [4.78, 5) is 21.7. The van der Waals surface area contributed by atoms with Gasteiger partial charge in [0.05, 0.1) is 0 Å². The summed E-state index contributed by atoms with van der Waals surface area (Å²) < 4.78 is 0. The molecule has 0 spiro atoms. The second-order valence-electron chi connectivity index (χ2n) is 7.50. The van der Waals surface area contributed by atoms with Crippen LogP contribution in [-0.2, 0) is 0 Å². The maximum absolute atomic E-state index is 12.6. The third-order valence-electron chi connectivity index (χ3n) is 5.54. The highest BCUT2D eigenvalue weighted by atomic mass is 16.1. The zero-order chi connectivity index (χ0) is 18.5. The molecular formula is C22H28N4O. The van der Waals surface area contributed by atoms with Gasteiger partial charge < -0.3 is 15.1 Å². The fourth-order valence-corrected chi connectivity index (χ4v) is 4.00. The molecule has 1 aromatic carbocycles. The zero-order valence-electron chi connectivity index (χ0n) is 15.9. The molecule has 0 bridgehead atoms. The summed E-state index contributed by atoms with van der Waals surface area (Å²) in [6.07, 6.45) is 9.31. The van der Waals surface area contributed by atoms with Crippen LogP contribution in [0.3, 0.4) is 0 Å². The first-order valence-electron chi connectivity index (χ1n) is 10.2. The molecule has 2 fully saturated rings. The highest BCUT2D eigenvalue weighted by molar-refractivity contribution is 6.03. The van der Waals surface area contributed by atoms with Gasteiger partial charge in [0.1, 0.15) is 5.69 Å². The van der Waals surface area contributed by atoms with Crippen LogP contribution in [-0.4, -0.2) is 37.1 Å². The molecule has 0 aliphatic carbocycles. The van der Waals surface area contributed by atoms with Crippen LogP contribution < -0.4 is 15.1 Å². The Morgan fingerprint density at radius 3 is 2.00 bits per heavy atom. The lowest BCUT2D eigenvalue weighted by Crippen LogP contribution is -2.29. The molecule has 0 saturated carbocycles. The molecule has 0 radical (unpaired) electrons. The van der Waals surface area contributed by atoms with Gasteiger partial charge in [-0.15, -0.1) is 0 Å². The second-order valence-corrected chi connectivity index (χ2v) is 7.50. The standard InChI is InChI=1S/C22H28N4O/c27-22(21-17-20(11-12-23-21)26-15-5-2-6-16-26)24-18-7-9-19(10-8-18)25-13-3-1-4-14-25/h7-12,17H,1-6,13-16H2,(H,24,27). The summed E-state index contributed by atoms with van der Waals surface area (Å²) in [5.74, 6) is -0.153. The zero-order valence-corrected chi connectivity index (χ0v) is 15.9. The van der Waals surface area contributed by atoms with E-state index >= 15 is 0 Å². The van der Waals surface area contributed by atoms with Gasteiger partial charge in [0.15, 0.2) is 0 Å². The highest BCUT2D eigenvalue weighted by Gasteiger charge is 2.15. The number of hydrogen-bond acceptors (Lipinski definition) is 4. The van der Waals surface area contributed by atoms with Gasteiger partial charge in [-0.3, -0.25) is 9.78 Å². The number of benzene rings is 1. The number of amides is 1. The minimum Gasteiger partial charge on any atom is -0.372 e. The number of nitrogens with one attached hydrogen (secondary N) is 1. The van der Waals surface area contributed by atoms with Crippen molar-refractivity contribution in [3.63, 3.8) is 0 Å². The predicted octanol–water partition coefficient (Wildman–Crippen LogP) is 4.31. The summed E-state index contributed by atoms with van der Waals surface area (Å²) in [5, 5.41) is 2.98. The van der Waals surface area contributed by atoms with E-state index in [1.165, 1.54) is 44.2 Å². The number of nitrogens with zero attached hydrogens (tertiary/aromatic N) is 3. The molecule has 1 N–H and O–H groups in total. The summed E-state index contributed by atoms with van der Waals surface area (Å²) >= 11 is 0. The molecule has 2 aliphatic heterocycles. The molecule has 5 nitrogen and oxygen atoms in total. The van der Waals surface area contributed by atoms with E-state index in [0.29, 0.717) is 5.69 Å². The van der Waals surface area contributed by atoms with Crippen molar-refractivity contribution >= 4 is 23.0 Å². The van der Waals surface area contributed by atoms with Crippen molar-refractivity contribution in [1.29, 1.82) is 0 Å². The molecule has 2 aliphatic rings. The van der Waals surface area contributed by atoms with E-state index < -0.39 is 0 Å². The third kappa shape index (κ3) is 4.41. The number of rotatable bonds is 4. The fraction of sp³-hybridized carbons (Fsp3) is 0.455. The van der Waals surface area contributed by atoms with Crippen molar-refractivity contribution in [2.45, 2.75) is 38.5 Å². The number of hydrogen-bond donors (Lipinski definition) is 1. The Labute approximate surface area is 161 Å². The van der Waals surface area contributed by atoms with Crippen LogP contribution in [0.15, 0.2) is 42.6 Å². The van der Waals surface area contributed by atoms with Crippen LogP contribution >= 0.6 is 0 Å². The molecule has 27 heavy (non-hydrogen) atoms. The van der Waals surface area contributed by atoms with E-state index in [9.17, 15) is 4.79 Å². The van der Waals surface area contributed by atoms with E-state index in [1.807, 2.05) is 24.3 Å². The normalized spacial score (nSPS) is 17.6. The molecule has 3 heterocycles. The van der Waals surface area contributed by atoms with Gasteiger partial charge in [0.2, 0.25) is 0 Å². The summed E-state index contributed by atoms with van der Waals surface area (Å²) in [6.45, 7) is 4.36. The predicted molar refractivity (Wildman–Crippen MR) is 111 cm³/mol. The Bertz CT molecular complexity index is 762. The molecule has 2 aromatic rings. The monoisotopic (exact) mass is 364 g/mol. The van der Waals surface area contributed by atoms with Crippen molar-refractivity contribution < 1.29 is 4.79 Å². The molecule has 2 saturated heterocycles. The minimum absolute atomic E-state index is 0.153. The second kappa shape index (κ2) is 8.42. The number of carbonyl (C=O) groups excluding carboxylic acids is 1. The maximum atomic E-state index is 12.6. The molecule has 5 heteroatoms. The van der Waals surface area contributed by atoms with Crippen LogP contribution in [0.25, 0.3) is 0 Å². The number of carbonyl (C=O) groups is 1. The van der Waals surface area contributed by atoms with Crippen LogP contribution in [0.1, 0.15) is 49.0 Å². The van der Waals surface area contributed by atoms with Crippen molar-refractivity contribution in [3.05, 3.63) is 48.3 Å². The number of piperidine rings is 2. The first-order chi connectivity index (χ1) is 13.3. The number of pyridine rings is 1. The third-order valence-corrected chi connectivity index (χ3v) is 5.54. The van der Waals surface area contributed by atoms with Crippen molar-refractivity contribution in [2.75, 3.05) is 41.3 Å². The Kier molecular flexibility index (Phi) is 5.56. The van der Waals surface area contributed by atoms with Crippen LogP contribution in [0, 0.1) is 0 Å². The van der Waals surface area contributed by atoms with Gasteiger partial charge in [-0.1, -0.05) is 0 Å². The van der Waals surface area contributed by atoms with E-state index in [2.05, 4.69) is 32.2 Å². The Morgan fingerprint density at radius 2 is 1.37 bits per heavy atom. The van der Waals surface area contributed by atoms with Gasteiger partial charge in [0.25, 0.3) is 5.91 Å². The van der Waals surface area contributed by atoms with Crippen LogP contribution in [0.5, 0.6) is 0 Å². The molecule has 1 aromatic heterocycles. The molecule has 0 atom stereocenters. The van der Waals surface area contributed by atoms with Gasteiger partial charge in [0, 0.05) is 49.4 Å². The SMILES string of the molecule is O=C(Nc1ccc(N2CCCCC2)cc1)c1cc(N2CCCCC2)ccn1. The van der Waals surface area contributed by atoms with Crippen molar-refractivity contribution in [1.82, 2.24) is 4.98 Å². The van der Waals surface area contributed by atoms with Gasteiger partial charge >= 0.3 is 0 Å². The lowest BCUT2D eigenvalue weighted by atomic mass is 10.1. The first kappa shape index (κ1) is 17.8. The van der Waals surface area contributed by atoms with Gasteiger partial charge in [-0.25, -0.2) is 0 Å². The number of aromatic nitrogens is 1. The highest BCUT2D eigenvalue weighted by Crippen LogP contribution is 2.23. The average Bonchev–Trinajstić information content (AvgIpc) is 2.75. The van der Waals surface area contributed by atoms with Crippen molar-refractivity contribution in [3.8, 4) is 0 Å². The summed E-state index contributed by atoms with van der Waals surface area (Å²) in [5.41, 5.74) is 3.61. The van der Waals surface area contributed by atoms with Crippen LogP contribution in [0.2, 0.25) is 0 Å². The molecule has 142 valence electrons. The Balaban J connectivity index is 1.41. The Morgan fingerprint density at radius 1 is 0.778 bits per heavy atom. The molecule has 1 amide bonds. The quantitative estimate of drug-likeness (QED) is 0.878. The average molecular weight is 364 g/mol. The lowest BCUT2D eigenvalue weighted by molar-refractivity contribution is 0.102. The number of anilines is 3. The van der Waals surface area contributed by atoms with E-state index in [0.717, 1.165) is 37.6 Å². The van der Waals surface area contributed by atoms with Gasteiger partial charge in [-0.05, 0) is 74.9 Å². The molecular weight excluding hydrogens is 336 g/mol. The van der Waals surface area contributed by atoms with E-state index in [4.69, 9.17) is 0 Å². The van der Waals surface area contributed by atoms with Crippen LogP contribution in [0.4, 0.5) is 17.1 Å².